The molecule has 4 nitrogen and oxygen atoms in total. The molecule has 1 atom stereocenters. The maximum Gasteiger partial charge on any atom is 0.0782 e. The van der Waals surface area contributed by atoms with Crippen molar-refractivity contribution in [3.05, 3.63) is 0 Å². The minimum Gasteiger partial charge on any atom is -0.379 e. The zero-order valence-electron chi connectivity index (χ0n) is 17.7. The Balaban J connectivity index is 4.50. The minimum atomic E-state index is -0.196. The van der Waals surface area contributed by atoms with Gasteiger partial charge in [-0.2, -0.15) is 0 Å². The van der Waals surface area contributed by atoms with E-state index in [0.29, 0.717) is 31.4 Å². The Morgan fingerprint density at radius 2 is 1.33 bits per heavy atom. The summed E-state index contributed by atoms with van der Waals surface area (Å²) < 4.78 is 17.5. The summed E-state index contributed by atoms with van der Waals surface area (Å²) in [5.74, 6) is 0. The molecule has 0 heterocycles. The Kier molecular flexibility index (Phi) is 12.2. The van der Waals surface area contributed by atoms with Gasteiger partial charge >= 0.3 is 0 Å². The fraction of sp³-hybridized carbons (Fsp3) is 1.00. The summed E-state index contributed by atoms with van der Waals surface area (Å²) in [6.45, 7) is 19.3. The normalized spacial score (nSPS) is 14.4. The molecule has 0 N–H and O–H groups in total. The second kappa shape index (κ2) is 12.2. The van der Waals surface area contributed by atoms with E-state index >= 15 is 0 Å². The molecule has 0 bridgehead atoms. The van der Waals surface area contributed by atoms with Crippen LogP contribution in [0.4, 0.5) is 0 Å². The molecule has 0 aliphatic heterocycles. The average molecular weight is 346 g/mol. The van der Waals surface area contributed by atoms with Gasteiger partial charge in [-0.15, -0.1) is 0 Å². The molecule has 1 unspecified atom stereocenters. The van der Waals surface area contributed by atoms with E-state index in [2.05, 4.69) is 67.3 Å². The van der Waals surface area contributed by atoms with Crippen LogP contribution in [0.3, 0.4) is 0 Å². The topological polar surface area (TPSA) is 30.9 Å². The first-order valence-corrected chi connectivity index (χ1v) is 9.67. The lowest BCUT2D eigenvalue weighted by molar-refractivity contribution is -0.101. The van der Waals surface area contributed by atoms with Crippen LogP contribution < -0.4 is 0 Å². The zero-order chi connectivity index (χ0) is 18.8. The van der Waals surface area contributed by atoms with Gasteiger partial charge in [0, 0.05) is 18.7 Å². The van der Waals surface area contributed by atoms with E-state index in [0.717, 1.165) is 25.9 Å². The fourth-order valence-corrected chi connectivity index (χ4v) is 2.85. The third-order valence-electron chi connectivity index (χ3n) is 4.44. The van der Waals surface area contributed by atoms with Gasteiger partial charge in [0.05, 0.1) is 31.0 Å². The molecular formula is C20H43NO3. The number of rotatable bonds is 14. The molecule has 0 fully saturated rings. The van der Waals surface area contributed by atoms with E-state index in [1.165, 1.54) is 0 Å². The summed E-state index contributed by atoms with van der Waals surface area (Å²) in [7, 11) is 2.20. The molecule has 0 aromatic heterocycles. The molecule has 0 rings (SSSR count). The van der Waals surface area contributed by atoms with Crippen molar-refractivity contribution in [3.63, 3.8) is 0 Å². The van der Waals surface area contributed by atoms with Crippen molar-refractivity contribution in [2.24, 2.45) is 0 Å². The first kappa shape index (κ1) is 23.8. The molecule has 0 amide bonds. The Labute approximate surface area is 151 Å². The van der Waals surface area contributed by atoms with Crippen LogP contribution in [0.15, 0.2) is 0 Å². The van der Waals surface area contributed by atoms with Crippen molar-refractivity contribution < 1.29 is 14.2 Å². The van der Waals surface area contributed by atoms with E-state index in [-0.39, 0.29) is 11.7 Å². The lowest BCUT2D eigenvalue weighted by atomic mass is 9.91. The van der Waals surface area contributed by atoms with Gasteiger partial charge in [0.15, 0.2) is 0 Å². The minimum absolute atomic E-state index is 0.196. The number of hydrogen-bond donors (Lipinski definition) is 0. The Morgan fingerprint density at radius 3 is 1.83 bits per heavy atom. The second-order valence-electron chi connectivity index (χ2n) is 8.06. The molecule has 24 heavy (non-hydrogen) atoms. The summed E-state index contributed by atoms with van der Waals surface area (Å²) in [4.78, 5) is 2.44. The molecule has 0 saturated carbocycles. The van der Waals surface area contributed by atoms with Crippen molar-refractivity contribution in [3.8, 4) is 0 Å². The maximum absolute atomic E-state index is 6.21. The van der Waals surface area contributed by atoms with Crippen molar-refractivity contribution in [2.45, 2.75) is 105 Å². The fourth-order valence-electron chi connectivity index (χ4n) is 2.85. The van der Waals surface area contributed by atoms with Crippen molar-refractivity contribution in [2.75, 3.05) is 26.9 Å². The van der Waals surface area contributed by atoms with Crippen molar-refractivity contribution >= 4 is 0 Å². The largest absolute Gasteiger partial charge is 0.379 e. The Bertz CT molecular complexity index is 303. The Hall–Kier alpha value is -0.160. The molecule has 0 aromatic rings. The van der Waals surface area contributed by atoms with Gasteiger partial charge in [-0.25, -0.2) is 0 Å². The van der Waals surface area contributed by atoms with E-state index in [4.69, 9.17) is 14.2 Å². The van der Waals surface area contributed by atoms with Crippen LogP contribution in [0.2, 0.25) is 0 Å². The molecule has 0 spiro atoms. The second-order valence-corrected chi connectivity index (χ2v) is 8.06. The van der Waals surface area contributed by atoms with Crippen LogP contribution in [0.1, 0.15) is 74.7 Å². The smallest absolute Gasteiger partial charge is 0.0782 e. The molecule has 0 aromatic carbocycles. The highest BCUT2D eigenvalue weighted by atomic mass is 16.5. The van der Waals surface area contributed by atoms with E-state index < -0.39 is 0 Å². The van der Waals surface area contributed by atoms with Crippen LogP contribution in [0.25, 0.3) is 0 Å². The lowest BCUT2D eigenvalue weighted by Crippen LogP contribution is -2.52. The quantitative estimate of drug-likeness (QED) is 0.433. The molecule has 0 radical (unpaired) electrons. The van der Waals surface area contributed by atoms with Crippen LogP contribution in [-0.4, -0.2) is 61.7 Å². The van der Waals surface area contributed by atoms with E-state index in [1.807, 2.05) is 0 Å². The standard InChI is InChI=1S/C20H43NO3/c1-16(2)21(9)19(12-10-11-13-22-17(3)4)20(7,8)24-15-14-23-18(5)6/h16-19H,10-15H2,1-9H3. The third-order valence-corrected chi connectivity index (χ3v) is 4.44. The summed E-state index contributed by atoms with van der Waals surface area (Å²) in [6.07, 6.45) is 3.96. The molecule has 0 aliphatic rings. The van der Waals surface area contributed by atoms with Gasteiger partial charge in [-0.05, 0) is 81.7 Å². The van der Waals surface area contributed by atoms with Crippen LogP contribution in [-0.2, 0) is 14.2 Å². The summed E-state index contributed by atoms with van der Waals surface area (Å²) in [6, 6.07) is 0.882. The molecule has 0 saturated heterocycles. The van der Waals surface area contributed by atoms with E-state index in [1.54, 1.807) is 0 Å². The first-order valence-electron chi connectivity index (χ1n) is 9.67. The highest BCUT2D eigenvalue weighted by Gasteiger charge is 2.34. The predicted molar refractivity (Wildman–Crippen MR) is 103 cm³/mol. The first-order chi connectivity index (χ1) is 11.1. The van der Waals surface area contributed by atoms with Gasteiger partial charge in [0.1, 0.15) is 0 Å². The monoisotopic (exact) mass is 345 g/mol. The zero-order valence-corrected chi connectivity index (χ0v) is 17.7. The highest BCUT2D eigenvalue weighted by Crippen LogP contribution is 2.25. The number of likely N-dealkylation sites (N-methyl/N-ethyl adjacent to an activating group) is 1. The average Bonchev–Trinajstić information content (AvgIpc) is 2.45. The lowest BCUT2D eigenvalue weighted by Gasteiger charge is -2.42. The summed E-state index contributed by atoms with van der Waals surface area (Å²) in [5.41, 5.74) is -0.196. The number of unbranched alkanes of at least 4 members (excludes halogenated alkanes) is 1. The van der Waals surface area contributed by atoms with Gasteiger partial charge in [0.2, 0.25) is 0 Å². The maximum atomic E-state index is 6.21. The van der Waals surface area contributed by atoms with Crippen LogP contribution in [0, 0.1) is 0 Å². The van der Waals surface area contributed by atoms with Crippen LogP contribution in [0.5, 0.6) is 0 Å². The predicted octanol–water partition coefficient (Wildman–Crippen LogP) is 4.51. The SMILES string of the molecule is CC(C)OCCCCC(N(C)C(C)C)C(C)(C)OCCOC(C)C. The number of hydrogen-bond acceptors (Lipinski definition) is 4. The summed E-state index contributed by atoms with van der Waals surface area (Å²) >= 11 is 0. The summed E-state index contributed by atoms with van der Waals surface area (Å²) in [5, 5.41) is 0. The van der Waals surface area contributed by atoms with Crippen LogP contribution >= 0.6 is 0 Å². The van der Waals surface area contributed by atoms with Gasteiger partial charge in [-0.3, -0.25) is 4.90 Å². The molecule has 4 heteroatoms. The number of ether oxygens (including phenoxy) is 3. The molecular weight excluding hydrogens is 302 g/mol. The molecule has 146 valence electrons. The Morgan fingerprint density at radius 1 is 0.792 bits per heavy atom. The molecule has 0 aliphatic carbocycles. The van der Waals surface area contributed by atoms with E-state index in [9.17, 15) is 0 Å². The highest BCUT2D eigenvalue weighted by molar-refractivity contribution is 4.88. The van der Waals surface area contributed by atoms with Gasteiger partial charge < -0.3 is 14.2 Å². The van der Waals surface area contributed by atoms with Gasteiger partial charge in [-0.1, -0.05) is 0 Å². The third kappa shape index (κ3) is 10.7. The number of nitrogens with zero attached hydrogens (tertiary/aromatic N) is 1. The van der Waals surface area contributed by atoms with Crippen molar-refractivity contribution in [1.82, 2.24) is 4.90 Å². The van der Waals surface area contributed by atoms with Crippen molar-refractivity contribution in [1.29, 1.82) is 0 Å². The van der Waals surface area contributed by atoms with Gasteiger partial charge in [0.25, 0.3) is 0 Å².